The highest BCUT2D eigenvalue weighted by Crippen LogP contribution is 2.40. The number of rotatable bonds is 9. The quantitative estimate of drug-likeness (QED) is 0.505. The molecule has 0 spiro atoms. The van der Waals surface area contributed by atoms with Crippen molar-refractivity contribution in [3.05, 3.63) is 65.5 Å². The van der Waals surface area contributed by atoms with Gasteiger partial charge >= 0.3 is 0 Å². The van der Waals surface area contributed by atoms with Crippen LogP contribution in [0.15, 0.2) is 62.8 Å². The first-order valence-electron chi connectivity index (χ1n) is 10.6. The number of hydrogen-bond donors (Lipinski definition) is 1. The van der Waals surface area contributed by atoms with E-state index in [4.69, 9.17) is 13.6 Å². The number of amides is 1. The van der Waals surface area contributed by atoms with Gasteiger partial charge in [-0.25, -0.2) is 0 Å². The average molecular weight is 438 g/mol. The number of furan rings is 2. The maximum absolute atomic E-state index is 13.5. The summed E-state index contributed by atoms with van der Waals surface area (Å²) in [6.45, 7) is 6.68. The Hall–Kier alpha value is -3.52. The SMILES string of the molecule is CCN(CC)CCN1C(=O)C(O)=C(C(=O)c2cc3cccc(OC)c3o2)[C@H]1c1ccco1. The number of Topliss-reactive ketones (excluding diaryl/α,β-unsaturated/α-hetero) is 1. The molecule has 0 radical (unpaired) electrons. The lowest BCUT2D eigenvalue weighted by atomic mass is 9.99. The second kappa shape index (κ2) is 8.92. The summed E-state index contributed by atoms with van der Waals surface area (Å²) in [7, 11) is 1.52. The van der Waals surface area contributed by atoms with Crippen LogP contribution in [0.1, 0.15) is 36.2 Å². The van der Waals surface area contributed by atoms with E-state index in [0.717, 1.165) is 13.1 Å². The smallest absolute Gasteiger partial charge is 0.290 e. The van der Waals surface area contributed by atoms with E-state index in [2.05, 4.69) is 4.90 Å². The maximum atomic E-state index is 13.5. The van der Waals surface area contributed by atoms with Crippen molar-refractivity contribution >= 4 is 22.7 Å². The predicted molar refractivity (Wildman–Crippen MR) is 118 cm³/mol. The van der Waals surface area contributed by atoms with Gasteiger partial charge in [0.2, 0.25) is 5.78 Å². The van der Waals surface area contributed by atoms with E-state index in [1.54, 1.807) is 36.4 Å². The summed E-state index contributed by atoms with van der Waals surface area (Å²) in [6.07, 6.45) is 1.48. The molecule has 1 amide bonds. The number of carbonyl (C=O) groups is 2. The van der Waals surface area contributed by atoms with Crippen LogP contribution in [0, 0.1) is 0 Å². The Kier molecular flexibility index (Phi) is 6.05. The van der Waals surface area contributed by atoms with Crippen molar-refractivity contribution in [2.45, 2.75) is 19.9 Å². The van der Waals surface area contributed by atoms with E-state index in [9.17, 15) is 14.7 Å². The van der Waals surface area contributed by atoms with Crippen LogP contribution in [0.4, 0.5) is 0 Å². The number of fused-ring (bicyclic) bond motifs is 1. The van der Waals surface area contributed by atoms with Crippen LogP contribution in [-0.4, -0.2) is 59.9 Å². The second-order valence-electron chi connectivity index (χ2n) is 7.52. The van der Waals surface area contributed by atoms with E-state index in [1.807, 2.05) is 13.8 Å². The van der Waals surface area contributed by atoms with E-state index in [0.29, 0.717) is 35.6 Å². The number of benzene rings is 1. The van der Waals surface area contributed by atoms with Crippen LogP contribution in [0.5, 0.6) is 5.75 Å². The first kappa shape index (κ1) is 21.7. The molecule has 32 heavy (non-hydrogen) atoms. The van der Waals surface area contributed by atoms with Gasteiger partial charge in [0, 0.05) is 18.5 Å². The van der Waals surface area contributed by atoms with Gasteiger partial charge < -0.3 is 28.5 Å². The Morgan fingerprint density at radius 3 is 2.66 bits per heavy atom. The van der Waals surface area contributed by atoms with Gasteiger partial charge in [0.1, 0.15) is 11.8 Å². The standard InChI is InChI=1S/C24H26N2O6/c1-4-25(5-2)11-12-26-20(16-10-7-13-31-16)19(22(28)24(26)29)21(27)18-14-15-8-6-9-17(30-3)23(15)32-18/h6-10,13-14,20,28H,4-5,11-12H2,1-3H3/t20-/m1/s1. The first-order valence-corrected chi connectivity index (χ1v) is 10.6. The van der Waals surface area contributed by atoms with Crippen LogP contribution >= 0.6 is 0 Å². The lowest BCUT2D eigenvalue weighted by Crippen LogP contribution is -2.38. The highest BCUT2D eigenvalue weighted by Gasteiger charge is 2.45. The Bertz CT molecular complexity index is 1160. The van der Waals surface area contributed by atoms with E-state index in [1.165, 1.54) is 18.3 Å². The zero-order valence-electron chi connectivity index (χ0n) is 18.3. The lowest BCUT2D eigenvalue weighted by molar-refractivity contribution is -0.129. The molecule has 1 aliphatic heterocycles. The van der Waals surface area contributed by atoms with Gasteiger partial charge in [-0.3, -0.25) is 9.59 Å². The van der Waals surface area contributed by atoms with Crippen LogP contribution in [0.25, 0.3) is 11.0 Å². The monoisotopic (exact) mass is 438 g/mol. The summed E-state index contributed by atoms with van der Waals surface area (Å²) >= 11 is 0. The fourth-order valence-electron chi connectivity index (χ4n) is 4.09. The lowest BCUT2D eigenvalue weighted by Gasteiger charge is -2.27. The van der Waals surface area contributed by atoms with Crippen LogP contribution in [-0.2, 0) is 4.79 Å². The third kappa shape index (κ3) is 3.67. The van der Waals surface area contributed by atoms with Crippen molar-refractivity contribution in [2.24, 2.45) is 0 Å². The molecule has 0 fully saturated rings. The molecule has 1 aliphatic rings. The zero-order chi connectivity index (χ0) is 22.8. The average Bonchev–Trinajstić information content (AvgIpc) is 3.53. The summed E-state index contributed by atoms with van der Waals surface area (Å²) in [4.78, 5) is 30.1. The van der Waals surface area contributed by atoms with Crippen LogP contribution in [0.3, 0.4) is 0 Å². The molecule has 8 nitrogen and oxygen atoms in total. The molecule has 1 N–H and O–H groups in total. The predicted octanol–water partition coefficient (Wildman–Crippen LogP) is 3.95. The minimum absolute atomic E-state index is 0.0148. The molecule has 1 atom stereocenters. The molecule has 0 saturated heterocycles. The summed E-state index contributed by atoms with van der Waals surface area (Å²) in [5.74, 6) is -0.842. The molecule has 0 saturated carbocycles. The highest BCUT2D eigenvalue weighted by atomic mass is 16.5. The molecule has 2 aromatic heterocycles. The molecule has 0 aliphatic carbocycles. The van der Waals surface area contributed by atoms with Gasteiger partial charge in [-0.1, -0.05) is 26.0 Å². The molecular weight excluding hydrogens is 412 g/mol. The molecule has 3 aromatic rings. The molecule has 0 unspecified atom stereocenters. The van der Waals surface area contributed by atoms with Gasteiger partial charge in [-0.15, -0.1) is 0 Å². The van der Waals surface area contributed by atoms with Gasteiger partial charge in [0.15, 0.2) is 22.9 Å². The second-order valence-corrected chi connectivity index (χ2v) is 7.52. The van der Waals surface area contributed by atoms with Crippen molar-refractivity contribution in [3.8, 4) is 5.75 Å². The fraction of sp³-hybridized carbons (Fsp3) is 0.333. The third-order valence-electron chi connectivity index (χ3n) is 5.86. The normalized spacial score (nSPS) is 16.6. The number of aliphatic hydroxyl groups excluding tert-OH is 1. The first-order chi connectivity index (χ1) is 15.5. The number of likely N-dealkylation sites (N-methyl/N-ethyl adjacent to an activating group) is 1. The Labute approximate surface area is 185 Å². The number of carbonyl (C=O) groups excluding carboxylic acids is 2. The Morgan fingerprint density at radius 2 is 2.00 bits per heavy atom. The highest BCUT2D eigenvalue weighted by molar-refractivity contribution is 6.16. The third-order valence-corrected chi connectivity index (χ3v) is 5.86. The van der Waals surface area contributed by atoms with E-state index < -0.39 is 23.5 Å². The summed E-state index contributed by atoms with van der Waals surface area (Å²) < 4.78 is 16.7. The Morgan fingerprint density at radius 1 is 1.22 bits per heavy atom. The van der Waals surface area contributed by atoms with E-state index >= 15 is 0 Å². The number of ether oxygens (including phenoxy) is 1. The number of methoxy groups -OCH3 is 1. The summed E-state index contributed by atoms with van der Waals surface area (Å²) in [5, 5.41) is 11.4. The molecule has 8 heteroatoms. The molecule has 1 aromatic carbocycles. The number of nitrogens with zero attached hydrogens (tertiary/aromatic N) is 2. The van der Waals surface area contributed by atoms with Crippen molar-refractivity contribution in [1.82, 2.24) is 9.80 Å². The minimum atomic E-state index is -0.837. The summed E-state index contributed by atoms with van der Waals surface area (Å²) in [5.41, 5.74) is 0.373. The van der Waals surface area contributed by atoms with Gasteiger partial charge in [-0.2, -0.15) is 0 Å². The van der Waals surface area contributed by atoms with Crippen molar-refractivity contribution in [2.75, 3.05) is 33.3 Å². The zero-order valence-corrected chi connectivity index (χ0v) is 18.3. The van der Waals surface area contributed by atoms with E-state index in [-0.39, 0.29) is 11.3 Å². The maximum Gasteiger partial charge on any atom is 0.290 e. The van der Waals surface area contributed by atoms with Crippen molar-refractivity contribution in [3.63, 3.8) is 0 Å². The van der Waals surface area contributed by atoms with Crippen LogP contribution < -0.4 is 4.74 Å². The van der Waals surface area contributed by atoms with Crippen LogP contribution in [0.2, 0.25) is 0 Å². The largest absolute Gasteiger partial charge is 0.503 e. The molecule has 168 valence electrons. The number of ketones is 1. The molecule has 4 rings (SSSR count). The van der Waals surface area contributed by atoms with Gasteiger partial charge in [0.25, 0.3) is 5.91 Å². The molecular formula is C24H26N2O6. The molecule has 3 heterocycles. The summed E-state index contributed by atoms with van der Waals surface area (Å²) in [6, 6.07) is 9.45. The van der Waals surface area contributed by atoms with Gasteiger partial charge in [0.05, 0.1) is 18.9 Å². The van der Waals surface area contributed by atoms with Crippen molar-refractivity contribution in [1.29, 1.82) is 0 Å². The topological polar surface area (TPSA) is 96.4 Å². The number of aliphatic hydroxyl groups is 1. The molecule has 0 bridgehead atoms. The van der Waals surface area contributed by atoms with Crippen molar-refractivity contribution < 1.29 is 28.3 Å². The van der Waals surface area contributed by atoms with Gasteiger partial charge in [-0.05, 0) is 37.4 Å². The number of hydrogen-bond acceptors (Lipinski definition) is 7. The Balaban J connectivity index is 1.72. The fourth-order valence-corrected chi connectivity index (χ4v) is 4.09. The minimum Gasteiger partial charge on any atom is -0.503 e. The number of para-hydroxylation sites is 1.